The molecule has 5 nitrogen and oxygen atoms in total. The number of allylic oxidation sites excluding steroid dienone is 3. The van der Waals surface area contributed by atoms with Gasteiger partial charge in [-0.1, -0.05) is 0 Å². The van der Waals surface area contributed by atoms with E-state index in [0.717, 1.165) is 0 Å². The largest absolute Gasteiger partial charge is 0.351 e. The van der Waals surface area contributed by atoms with E-state index in [1.807, 2.05) is 12.1 Å². The number of hydrogen-bond donors (Lipinski definition) is 0. The first-order valence-electron chi connectivity index (χ1n) is 3.95. The van der Waals surface area contributed by atoms with E-state index in [4.69, 9.17) is 21.0 Å². The fraction of sp³-hybridized carbons (Fsp3) is 0.200. The lowest BCUT2D eigenvalue weighted by Gasteiger charge is -2.10. The molecular formula is C10H7N5. The fourth-order valence-corrected chi connectivity index (χ4v) is 0.703. The van der Waals surface area contributed by atoms with Gasteiger partial charge in [0.2, 0.25) is 0 Å². The second-order valence-electron chi connectivity index (χ2n) is 2.37. The van der Waals surface area contributed by atoms with Crippen LogP contribution in [0.25, 0.3) is 0 Å². The quantitative estimate of drug-likeness (QED) is 0.377. The van der Waals surface area contributed by atoms with Crippen LogP contribution < -0.4 is 0 Å². The van der Waals surface area contributed by atoms with Gasteiger partial charge in [0.1, 0.15) is 30.8 Å². The van der Waals surface area contributed by atoms with Gasteiger partial charge in [0.05, 0.1) is 12.1 Å². The summed E-state index contributed by atoms with van der Waals surface area (Å²) in [5.74, 6) is 0. The molecule has 0 spiro atoms. The van der Waals surface area contributed by atoms with Gasteiger partial charge in [0.25, 0.3) is 0 Å². The Morgan fingerprint density at radius 1 is 1.00 bits per heavy atom. The minimum atomic E-state index is -0.0277. The van der Waals surface area contributed by atoms with E-state index in [1.54, 1.807) is 12.1 Å². The first kappa shape index (κ1) is 12.2. The molecule has 0 saturated heterocycles. The van der Waals surface area contributed by atoms with Gasteiger partial charge >= 0.3 is 0 Å². The Labute approximate surface area is 88.0 Å². The van der Waals surface area contributed by atoms with Crippen LogP contribution in [0.3, 0.4) is 0 Å². The minimum absolute atomic E-state index is 0.0277. The van der Waals surface area contributed by atoms with Crippen LogP contribution in [-0.4, -0.2) is 18.0 Å². The SMILES string of the molecule is N#CCN(/C=C/C=C(C#N)C#N)CC#N. The second-order valence-corrected chi connectivity index (χ2v) is 2.37. The highest BCUT2D eigenvalue weighted by Crippen LogP contribution is 1.93. The molecule has 0 aromatic carbocycles. The van der Waals surface area contributed by atoms with Crippen molar-refractivity contribution in [1.29, 1.82) is 21.0 Å². The van der Waals surface area contributed by atoms with Gasteiger partial charge in [-0.15, -0.1) is 0 Å². The highest BCUT2D eigenvalue weighted by atomic mass is 15.1. The zero-order valence-electron chi connectivity index (χ0n) is 7.88. The van der Waals surface area contributed by atoms with Gasteiger partial charge in [-0.3, -0.25) is 0 Å². The summed E-state index contributed by atoms with van der Waals surface area (Å²) in [4.78, 5) is 1.46. The van der Waals surface area contributed by atoms with E-state index in [0.29, 0.717) is 0 Å². The van der Waals surface area contributed by atoms with E-state index >= 15 is 0 Å². The summed E-state index contributed by atoms with van der Waals surface area (Å²) in [6, 6.07) is 7.16. The van der Waals surface area contributed by atoms with Crippen LogP contribution in [0.15, 0.2) is 23.9 Å². The van der Waals surface area contributed by atoms with E-state index in [-0.39, 0.29) is 18.7 Å². The Morgan fingerprint density at radius 2 is 1.53 bits per heavy atom. The van der Waals surface area contributed by atoms with Crippen LogP contribution in [0, 0.1) is 45.3 Å². The molecule has 0 N–H and O–H groups in total. The molecule has 0 fully saturated rings. The predicted octanol–water partition coefficient (Wildman–Crippen LogP) is 0.823. The first-order valence-corrected chi connectivity index (χ1v) is 3.95. The van der Waals surface area contributed by atoms with Crippen LogP contribution in [-0.2, 0) is 0 Å². The molecule has 0 heterocycles. The highest BCUT2D eigenvalue weighted by molar-refractivity contribution is 5.37. The Kier molecular flexibility index (Phi) is 6.42. The van der Waals surface area contributed by atoms with E-state index in [2.05, 4.69) is 0 Å². The van der Waals surface area contributed by atoms with E-state index in [1.165, 1.54) is 23.3 Å². The fourth-order valence-electron chi connectivity index (χ4n) is 0.703. The molecule has 0 aromatic heterocycles. The van der Waals surface area contributed by atoms with Crippen LogP contribution in [0.1, 0.15) is 0 Å². The first-order chi connectivity index (χ1) is 7.28. The van der Waals surface area contributed by atoms with Crippen molar-refractivity contribution in [3.63, 3.8) is 0 Å². The average Bonchev–Trinajstić information content (AvgIpc) is 2.25. The summed E-state index contributed by atoms with van der Waals surface area (Å²) >= 11 is 0. The van der Waals surface area contributed by atoms with Crippen molar-refractivity contribution >= 4 is 0 Å². The van der Waals surface area contributed by atoms with Gasteiger partial charge in [0, 0.05) is 6.20 Å². The molecule has 0 bridgehead atoms. The lowest BCUT2D eigenvalue weighted by molar-refractivity contribution is 0.472. The molecule has 0 rings (SSSR count). The zero-order chi connectivity index (χ0) is 11.5. The third kappa shape index (κ3) is 5.47. The lowest BCUT2D eigenvalue weighted by atomic mass is 10.3. The molecule has 0 atom stereocenters. The molecule has 0 aliphatic rings. The molecule has 0 aliphatic carbocycles. The molecule has 0 amide bonds. The molecule has 0 saturated carbocycles. The summed E-state index contributed by atoms with van der Waals surface area (Å²) in [5.41, 5.74) is -0.0277. The Hall–Kier alpha value is -2.76. The van der Waals surface area contributed by atoms with Crippen LogP contribution in [0.2, 0.25) is 0 Å². The third-order valence-electron chi connectivity index (χ3n) is 1.35. The van der Waals surface area contributed by atoms with Gasteiger partial charge < -0.3 is 4.90 Å². The summed E-state index contributed by atoms with van der Waals surface area (Å²) in [7, 11) is 0. The monoisotopic (exact) mass is 197 g/mol. The highest BCUT2D eigenvalue weighted by Gasteiger charge is 1.94. The third-order valence-corrected chi connectivity index (χ3v) is 1.35. The maximum atomic E-state index is 8.41. The van der Waals surface area contributed by atoms with Crippen molar-refractivity contribution in [3.05, 3.63) is 23.9 Å². The van der Waals surface area contributed by atoms with Crippen molar-refractivity contribution in [2.24, 2.45) is 0 Å². The van der Waals surface area contributed by atoms with Gasteiger partial charge in [0.15, 0.2) is 0 Å². The van der Waals surface area contributed by atoms with Gasteiger partial charge in [-0.2, -0.15) is 21.0 Å². The maximum absolute atomic E-state index is 8.41. The lowest BCUT2D eigenvalue weighted by Crippen LogP contribution is -2.17. The Morgan fingerprint density at radius 3 is 1.93 bits per heavy atom. The summed E-state index contributed by atoms with van der Waals surface area (Å²) in [6.07, 6.45) is 4.26. The second kappa shape index (κ2) is 7.87. The van der Waals surface area contributed by atoms with Crippen molar-refractivity contribution in [2.45, 2.75) is 0 Å². The number of nitrogens with zero attached hydrogens (tertiary/aromatic N) is 5. The average molecular weight is 197 g/mol. The topological polar surface area (TPSA) is 98.4 Å². The van der Waals surface area contributed by atoms with E-state index in [9.17, 15) is 0 Å². The molecule has 15 heavy (non-hydrogen) atoms. The summed E-state index contributed by atoms with van der Waals surface area (Å²) in [5, 5.41) is 33.6. The maximum Gasteiger partial charge on any atom is 0.129 e. The summed E-state index contributed by atoms with van der Waals surface area (Å²) < 4.78 is 0. The van der Waals surface area contributed by atoms with Crippen molar-refractivity contribution < 1.29 is 0 Å². The molecular weight excluding hydrogens is 190 g/mol. The van der Waals surface area contributed by atoms with E-state index < -0.39 is 0 Å². The number of hydrogen-bond acceptors (Lipinski definition) is 5. The molecule has 5 heteroatoms. The van der Waals surface area contributed by atoms with Crippen LogP contribution >= 0.6 is 0 Å². The minimum Gasteiger partial charge on any atom is -0.351 e. The predicted molar refractivity (Wildman–Crippen MR) is 51.2 cm³/mol. The number of rotatable bonds is 4. The molecule has 0 radical (unpaired) electrons. The number of nitriles is 4. The molecule has 0 aliphatic heterocycles. The van der Waals surface area contributed by atoms with Crippen molar-refractivity contribution in [3.8, 4) is 24.3 Å². The standard InChI is InChI=1S/C10H7N5/c11-3-6-15(7-4-12)5-1-2-10(8-13)9-14/h1-2,5H,6-7H2/b5-1+. The van der Waals surface area contributed by atoms with Crippen LogP contribution in [0.5, 0.6) is 0 Å². The Bertz CT molecular complexity index is 387. The Balaban J connectivity index is 4.45. The van der Waals surface area contributed by atoms with Crippen molar-refractivity contribution in [1.82, 2.24) is 4.90 Å². The van der Waals surface area contributed by atoms with Crippen molar-refractivity contribution in [2.75, 3.05) is 13.1 Å². The molecule has 72 valence electrons. The van der Waals surface area contributed by atoms with Gasteiger partial charge in [-0.25, -0.2) is 0 Å². The normalized spacial score (nSPS) is 8.00. The van der Waals surface area contributed by atoms with Gasteiger partial charge in [-0.05, 0) is 12.2 Å². The summed E-state index contributed by atoms with van der Waals surface area (Å²) in [6.45, 7) is 0.179. The zero-order valence-corrected chi connectivity index (χ0v) is 7.88. The molecule has 0 aromatic rings. The molecule has 0 unspecified atom stereocenters. The van der Waals surface area contributed by atoms with Crippen LogP contribution in [0.4, 0.5) is 0 Å². The smallest absolute Gasteiger partial charge is 0.129 e.